The first-order valence-corrected chi connectivity index (χ1v) is 7.87. The Bertz CT molecular complexity index is 655. The van der Waals surface area contributed by atoms with Crippen LogP contribution in [0.4, 0.5) is 4.39 Å². The maximum absolute atomic E-state index is 13.8. The van der Waals surface area contributed by atoms with E-state index >= 15 is 0 Å². The Balaban J connectivity index is 1.79. The van der Waals surface area contributed by atoms with Gasteiger partial charge in [-0.3, -0.25) is 0 Å². The van der Waals surface area contributed by atoms with E-state index in [0.29, 0.717) is 11.8 Å². The number of aryl methyl sites for hydroxylation is 1. The summed E-state index contributed by atoms with van der Waals surface area (Å²) in [6.45, 7) is 2.78. The lowest BCUT2D eigenvalue weighted by atomic mass is 10.1. The van der Waals surface area contributed by atoms with Crippen LogP contribution in [-0.4, -0.2) is 6.04 Å². The van der Waals surface area contributed by atoms with Crippen molar-refractivity contribution in [2.24, 2.45) is 0 Å². The fourth-order valence-corrected chi connectivity index (χ4v) is 2.43. The number of halogens is 2. The second kappa shape index (κ2) is 6.16. The van der Waals surface area contributed by atoms with Crippen molar-refractivity contribution in [1.82, 2.24) is 5.32 Å². The van der Waals surface area contributed by atoms with E-state index in [1.165, 1.54) is 18.9 Å². The predicted octanol–water partition coefficient (Wildman–Crippen LogP) is 4.94. The molecule has 2 aromatic rings. The molecule has 0 bridgehead atoms. The molecule has 1 aliphatic rings. The number of rotatable bonds is 5. The molecule has 0 aliphatic heterocycles. The van der Waals surface area contributed by atoms with Crippen molar-refractivity contribution < 1.29 is 9.13 Å². The molecular formula is C17H17BrFNO. The van der Waals surface area contributed by atoms with Gasteiger partial charge in [0.1, 0.15) is 5.75 Å². The van der Waals surface area contributed by atoms with E-state index in [2.05, 4.69) is 27.3 Å². The molecule has 0 spiro atoms. The lowest BCUT2D eigenvalue weighted by Gasteiger charge is -2.12. The molecule has 1 saturated carbocycles. The summed E-state index contributed by atoms with van der Waals surface area (Å²) in [5.41, 5.74) is 2.14. The summed E-state index contributed by atoms with van der Waals surface area (Å²) >= 11 is 3.33. The molecule has 0 radical (unpaired) electrons. The maximum atomic E-state index is 13.8. The van der Waals surface area contributed by atoms with Crippen molar-refractivity contribution in [2.45, 2.75) is 32.4 Å². The molecule has 4 heteroatoms. The monoisotopic (exact) mass is 349 g/mol. The number of benzene rings is 2. The second-order valence-corrected chi connectivity index (χ2v) is 6.35. The molecule has 2 nitrogen and oxygen atoms in total. The fraction of sp³-hybridized carbons (Fsp3) is 0.294. The van der Waals surface area contributed by atoms with Crippen molar-refractivity contribution in [2.75, 3.05) is 0 Å². The fourth-order valence-electron chi connectivity index (χ4n) is 2.09. The Morgan fingerprint density at radius 3 is 2.76 bits per heavy atom. The van der Waals surface area contributed by atoms with E-state index in [0.717, 1.165) is 22.1 Å². The lowest BCUT2D eigenvalue weighted by molar-refractivity contribution is 0.438. The average Bonchev–Trinajstić information content (AvgIpc) is 3.28. The molecule has 1 aliphatic carbocycles. The van der Waals surface area contributed by atoms with Crippen LogP contribution >= 0.6 is 15.9 Å². The van der Waals surface area contributed by atoms with E-state index < -0.39 is 0 Å². The van der Waals surface area contributed by atoms with E-state index in [4.69, 9.17) is 4.74 Å². The first-order chi connectivity index (χ1) is 10.1. The average molecular weight is 350 g/mol. The van der Waals surface area contributed by atoms with Gasteiger partial charge in [0.2, 0.25) is 0 Å². The van der Waals surface area contributed by atoms with Gasteiger partial charge in [0, 0.05) is 17.1 Å². The highest BCUT2D eigenvalue weighted by Crippen LogP contribution is 2.30. The summed E-state index contributed by atoms with van der Waals surface area (Å²) in [6.07, 6.45) is 2.52. The van der Waals surface area contributed by atoms with Crippen LogP contribution in [0.25, 0.3) is 0 Å². The largest absolute Gasteiger partial charge is 0.454 e. The van der Waals surface area contributed by atoms with Crippen molar-refractivity contribution in [1.29, 1.82) is 0 Å². The van der Waals surface area contributed by atoms with Gasteiger partial charge in [-0.1, -0.05) is 28.1 Å². The molecule has 0 amide bonds. The molecule has 0 saturated heterocycles. The molecule has 1 N–H and O–H groups in total. The van der Waals surface area contributed by atoms with Crippen LogP contribution in [0.5, 0.6) is 11.5 Å². The molecule has 0 atom stereocenters. The normalized spacial score (nSPS) is 14.2. The first kappa shape index (κ1) is 14.5. The minimum absolute atomic E-state index is 0.236. The SMILES string of the molecule is Cc1ccc(CNC2CC2)cc1Oc1cc(Br)ccc1F. The minimum Gasteiger partial charge on any atom is -0.454 e. The molecule has 0 unspecified atom stereocenters. The van der Waals surface area contributed by atoms with E-state index in [-0.39, 0.29) is 11.6 Å². The Hall–Kier alpha value is -1.39. The third-order valence-electron chi connectivity index (χ3n) is 3.54. The van der Waals surface area contributed by atoms with Crippen LogP contribution in [0.2, 0.25) is 0 Å². The van der Waals surface area contributed by atoms with Crippen LogP contribution in [0, 0.1) is 12.7 Å². The molecule has 3 rings (SSSR count). The predicted molar refractivity (Wildman–Crippen MR) is 85.2 cm³/mol. The first-order valence-electron chi connectivity index (χ1n) is 7.07. The van der Waals surface area contributed by atoms with Gasteiger partial charge < -0.3 is 10.1 Å². The van der Waals surface area contributed by atoms with Gasteiger partial charge in [-0.05, 0) is 55.2 Å². The van der Waals surface area contributed by atoms with Crippen LogP contribution in [-0.2, 0) is 6.54 Å². The molecule has 1 fully saturated rings. The quantitative estimate of drug-likeness (QED) is 0.825. The van der Waals surface area contributed by atoms with Gasteiger partial charge in [-0.2, -0.15) is 0 Å². The van der Waals surface area contributed by atoms with Gasteiger partial charge in [0.15, 0.2) is 11.6 Å². The Morgan fingerprint density at radius 1 is 1.19 bits per heavy atom. The summed E-state index contributed by atoms with van der Waals surface area (Å²) < 4.78 is 20.3. The summed E-state index contributed by atoms with van der Waals surface area (Å²) in [5.74, 6) is 0.570. The zero-order chi connectivity index (χ0) is 14.8. The van der Waals surface area contributed by atoms with Crippen molar-refractivity contribution >= 4 is 15.9 Å². The molecule has 0 heterocycles. The van der Waals surface area contributed by atoms with Gasteiger partial charge in [-0.15, -0.1) is 0 Å². The van der Waals surface area contributed by atoms with Gasteiger partial charge >= 0.3 is 0 Å². The third kappa shape index (κ3) is 3.83. The van der Waals surface area contributed by atoms with Crippen LogP contribution in [0.3, 0.4) is 0 Å². The topological polar surface area (TPSA) is 21.3 Å². The van der Waals surface area contributed by atoms with Crippen LogP contribution in [0.1, 0.15) is 24.0 Å². The lowest BCUT2D eigenvalue weighted by Crippen LogP contribution is -2.15. The molecule has 110 valence electrons. The van der Waals surface area contributed by atoms with E-state index in [1.54, 1.807) is 12.1 Å². The number of hydrogen-bond acceptors (Lipinski definition) is 2. The third-order valence-corrected chi connectivity index (χ3v) is 4.03. The highest BCUT2D eigenvalue weighted by Gasteiger charge is 2.20. The maximum Gasteiger partial charge on any atom is 0.165 e. The molecule has 21 heavy (non-hydrogen) atoms. The van der Waals surface area contributed by atoms with E-state index in [1.807, 2.05) is 19.1 Å². The second-order valence-electron chi connectivity index (χ2n) is 5.43. The van der Waals surface area contributed by atoms with E-state index in [9.17, 15) is 4.39 Å². The number of hydrogen-bond donors (Lipinski definition) is 1. The Labute approximate surface area is 132 Å². The van der Waals surface area contributed by atoms with Crippen molar-refractivity contribution in [3.05, 3.63) is 57.8 Å². The summed E-state index contributed by atoms with van der Waals surface area (Å²) in [4.78, 5) is 0. The van der Waals surface area contributed by atoms with Gasteiger partial charge in [0.05, 0.1) is 0 Å². The van der Waals surface area contributed by atoms with Gasteiger partial charge in [-0.25, -0.2) is 4.39 Å². The Kier molecular flexibility index (Phi) is 4.27. The zero-order valence-electron chi connectivity index (χ0n) is 11.8. The zero-order valence-corrected chi connectivity index (χ0v) is 13.4. The highest BCUT2D eigenvalue weighted by molar-refractivity contribution is 9.10. The van der Waals surface area contributed by atoms with Crippen molar-refractivity contribution in [3.63, 3.8) is 0 Å². The van der Waals surface area contributed by atoms with Gasteiger partial charge in [0.25, 0.3) is 0 Å². The van der Waals surface area contributed by atoms with Crippen LogP contribution in [0.15, 0.2) is 40.9 Å². The molecule has 0 aromatic heterocycles. The van der Waals surface area contributed by atoms with Crippen molar-refractivity contribution in [3.8, 4) is 11.5 Å². The summed E-state index contributed by atoms with van der Waals surface area (Å²) in [5, 5.41) is 3.47. The number of ether oxygens (including phenoxy) is 1. The molecular weight excluding hydrogens is 333 g/mol. The Morgan fingerprint density at radius 2 is 2.00 bits per heavy atom. The smallest absolute Gasteiger partial charge is 0.165 e. The highest BCUT2D eigenvalue weighted by atomic mass is 79.9. The minimum atomic E-state index is -0.362. The summed E-state index contributed by atoms with van der Waals surface area (Å²) in [6, 6.07) is 11.4. The summed E-state index contributed by atoms with van der Waals surface area (Å²) in [7, 11) is 0. The number of nitrogens with one attached hydrogen (secondary N) is 1. The molecule has 2 aromatic carbocycles. The standard InChI is InChI=1S/C17H17BrFNO/c1-11-2-3-12(10-20-14-5-6-14)8-16(11)21-17-9-13(18)4-7-15(17)19/h2-4,7-9,14,20H,5-6,10H2,1H3. The van der Waals surface area contributed by atoms with Crippen LogP contribution < -0.4 is 10.1 Å².